The molecule has 0 amide bonds. The van der Waals surface area contributed by atoms with Crippen LogP contribution in [0.2, 0.25) is 10.0 Å². The van der Waals surface area contributed by atoms with Gasteiger partial charge in [-0.25, -0.2) is 0 Å². The summed E-state index contributed by atoms with van der Waals surface area (Å²) in [5.41, 5.74) is 1.48. The van der Waals surface area contributed by atoms with Crippen LogP contribution < -0.4 is 4.74 Å². The second-order valence-corrected chi connectivity index (χ2v) is 10.3. The third-order valence-corrected chi connectivity index (χ3v) is 8.37. The monoisotopic (exact) mass is 510 g/mol. The highest BCUT2D eigenvalue weighted by molar-refractivity contribution is 8.00. The summed E-state index contributed by atoms with van der Waals surface area (Å²) in [6.07, 6.45) is 2.77. The molecule has 0 spiro atoms. The van der Waals surface area contributed by atoms with Crippen LogP contribution >= 0.6 is 35.0 Å². The van der Waals surface area contributed by atoms with Crippen molar-refractivity contribution < 1.29 is 23.8 Å². The lowest BCUT2D eigenvalue weighted by molar-refractivity contribution is -0.146. The fourth-order valence-electron chi connectivity index (χ4n) is 4.19. The lowest BCUT2D eigenvalue weighted by Gasteiger charge is -2.40. The average molecular weight is 511 g/mol. The molecule has 0 aliphatic heterocycles. The van der Waals surface area contributed by atoms with E-state index in [0.717, 1.165) is 24.2 Å². The number of hydrogen-bond donors (Lipinski definition) is 0. The van der Waals surface area contributed by atoms with Crippen molar-refractivity contribution in [2.75, 3.05) is 21.3 Å². The molecule has 2 aromatic carbocycles. The summed E-state index contributed by atoms with van der Waals surface area (Å²) in [4.78, 5) is 27.0. The first-order chi connectivity index (χ1) is 15.8. The zero-order chi connectivity index (χ0) is 24.0. The van der Waals surface area contributed by atoms with Crippen LogP contribution in [0.25, 0.3) is 0 Å². The summed E-state index contributed by atoms with van der Waals surface area (Å²) in [5.74, 6) is -0.537. The van der Waals surface area contributed by atoms with E-state index in [-0.39, 0.29) is 16.9 Å². The highest BCUT2D eigenvalue weighted by atomic mass is 35.5. The van der Waals surface area contributed by atoms with Gasteiger partial charge in [0.15, 0.2) is 5.78 Å². The minimum atomic E-state index is -1.12. The smallest absolute Gasteiger partial charge is 0.320 e. The number of methoxy groups -OCH3 is 3. The normalized spacial score (nSPS) is 21.3. The SMILES string of the molecule is COC(=O)C(C(=O)C1(SCc2ccc(OC)cc2)CCC(OC)CC1)c1ccc(Cl)cc1Cl. The van der Waals surface area contributed by atoms with Crippen LogP contribution in [0, 0.1) is 0 Å². The molecule has 1 saturated carbocycles. The Kier molecular flexibility index (Phi) is 9.10. The van der Waals surface area contributed by atoms with Crippen molar-refractivity contribution in [3.8, 4) is 5.75 Å². The van der Waals surface area contributed by atoms with Crippen LogP contribution in [-0.2, 0) is 24.8 Å². The summed E-state index contributed by atoms with van der Waals surface area (Å²) in [6.45, 7) is 0. The number of rotatable bonds is 9. The maximum Gasteiger partial charge on any atom is 0.320 e. The molecule has 178 valence electrons. The third-order valence-electron chi connectivity index (χ3n) is 6.17. The van der Waals surface area contributed by atoms with Gasteiger partial charge in [-0.05, 0) is 61.1 Å². The minimum absolute atomic E-state index is 0.100. The van der Waals surface area contributed by atoms with E-state index >= 15 is 0 Å². The molecule has 33 heavy (non-hydrogen) atoms. The number of hydrogen-bond acceptors (Lipinski definition) is 6. The molecule has 1 fully saturated rings. The van der Waals surface area contributed by atoms with Crippen molar-refractivity contribution in [2.45, 2.75) is 48.2 Å². The van der Waals surface area contributed by atoms with Gasteiger partial charge in [0.2, 0.25) is 0 Å². The quantitative estimate of drug-likeness (QED) is 0.300. The highest BCUT2D eigenvalue weighted by Gasteiger charge is 2.48. The zero-order valence-corrected chi connectivity index (χ0v) is 21.3. The number of carbonyl (C=O) groups excluding carboxylic acids is 2. The average Bonchev–Trinajstić information content (AvgIpc) is 2.84. The largest absolute Gasteiger partial charge is 0.497 e. The van der Waals surface area contributed by atoms with Crippen LogP contribution in [0.1, 0.15) is 42.7 Å². The number of ketones is 1. The van der Waals surface area contributed by atoms with Gasteiger partial charge in [0.25, 0.3) is 0 Å². The molecule has 8 heteroatoms. The molecule has 1 aliphatic rings. The van der Waals surface area contributed by atoms with Gasteiger partial charge >= 0.3 is 5.97 Å². The molecule has 5 nitrogen and oxygen atoms in total. The molecule has 1 unspecified atom stereocenters. The van der Waals surface area contributed by atoms with Crippen molar-refractivity contribution in [3.05, 3.63) is 63.6 Å². The van der Waals surface area contributed by atoms with Gasteiger partial charge in [0.05, 0.1) is 25.1 Å². The molecule has 1 aliphatic carbocycles. The van der Waals surface area contributed by atoms with Crippen LogP contribution in [0.5, 0.6) is 5.75 Å². The lowest BCUT2D eigenvalue weighted by Crippen LogP contribution is -2.45. The van der Waals surface area contributed by atoms with Crippen LogP contribution in [0.4, 0.5) is 0 Å². The second-order valence-electron chi connectivity index (χ2n) is 8.05. The molecule has 0 saturated heterocycles. The molecule has 0 N–H and O–H groups in total. The Hall–Kier alpha value is -1.73. The summed E-state index contributed by atoms with van der Waals surface area (Å²) in [6, 6.07) is 12.6. The molecule has 1 atom stereocenters. The fourth-order valence-corrected chi connectivity index (χ4v) is 6.13. The molecule has 2 aromatic rings. The molecule has 0 heterocycles. The molecule has 0 radical (unpaired) electrons. The van der Waals surface area contributed by atoms with Gasteiger partial charge in [0.1, 0.15) is 11.7 Å². The number of esters is 1. The van der Waals surface area contributed by atoms with Gasteiger partial charge in [-0.2, -0.15) is 0 Å². The predicted molar refractivity (Wildman–Crippen MR) is 133 cm³/mol. The van der Waals surface area contributed by atoms with Crippen LogP contribution in [0.15, 0.2) is 42.5 Å². The van der Waals surface area contributed by atoms with E-state index in [4.69, 9.17) is 37.4 Å². The zero-order valence-electron chi connectivity index (χ0n) is 18.9. The van der Waals surface area contributed by atoms with E-state index in [9.17, 15) is 9.59 Å². The first-order valence-electron chi connectivity index (χ1n) is 10.7. The summed E-state index contributed by atoms with van der Waals surface area (Å²) in [7, 11) is 4.60. The second kappa shape index (κ2) is 11.6. The van der Waals surface area contributed by atoms with E-state index in [2.05, 4.69) is 0 Å². The van der Waals surface area contributed by atoms with Crippen molar-refractivity contribution in [3.63, 3.8) is 0 Å². The number of carbonyl (C=O) groups is 2. The van der Waals surface area contributed by atoms with Gasteiger partial charge in [0, 0.05) is 22.9 Å². The molecule has 0 bridgehead atoms. The minimum Gasteiger partial charge on any atom is -0.497 e. The van der Waals surface area contributed by atoms with Gasteiger partial charge in [-0.15, -0.1) is 11.8 Å². The summed E-state index contributed by atoms with van der Waals surface area (Å²) in [5, 5.41) is 0.705. The van der Waals surface area contributed by atoms with Crippen molar-refractivity contribution >= 4 is 46.7 Å². The number of halogens is 2. The van der Waals surface area contributed by atoms with Crippen LogP contribution in [0.3, 0.4) is 0 Å². The van der Waals surface area contributed by atoms with E-state index in [1.165, 1.54) is 7.11 Å². The van der Waals surface area contributed by atoms with E-state index < -0.39 is 16.6 Å². The van der Waals surface area contributed by atoms with Crippen molar-refractivity contribution in [1.29, 1.82) is 0 Å². The Balaban J connectivity index is 1.94. The van der Waals surface area contributed by atoms with E-state index in [1.807, 2.05) is 24.3 Å². The van der Waals surface area contributed by atoms with Gasteiger partial charge in [-0.3, -0.25) is 9.59 Å². The number of thioether (sulfide) groups is 1. The Labute approximate surface area is 209 Å². The number of Topliss-reactive ketones (excluding diaryl/α,β-unsaturated/α-hetero) is 1. The Bertz CT molecular complexity index is 971. The molecular weight excluding hydrogens is 483 g/mol. The third kappa shape index (κ3) is 6.04. The van der Waals surface area contributed by atoms with Crippen LogP contribution in [-0.4, -0.2) is 43.9 Å². The van der Waals surface area contributed by atoms with Crippen molar-refractivity contribution in [1.82, 2.24) is 0 Å². The van der Waals surface area contributed by atoms with Crippen molar-refractivity contribution in [2.24, 2.45) is 0 Å². The summed E-state index contributed by atoms with van der Waals surface area (Å²) < 4.78 is 15.0. The Morgan fingerprint density at radius 3 is 2.27 bits per heavy atom. The molecule has 3 rings (SSSR count). The summed E-state index contributed by atoms with van der Waals surface area (Å²) >= 11 is 14.0. The van der Waals surface area contributed by atoms with Gasteiger partial charge < -0.3 is 14.2 Å². The number of benzene rings is 2. The first kappa shape index (κ1) is 25.9. The topological polar surface area (TPSA) is 61.8 Å². The highest BCUT2D eigenvalue weighted by Crippen LogP contribution is 2.47. The fraction of sp³-hybridized carbons (Fsp3) is 0.440. The first-order valence-corrected chi connectivity index (χ1v) is 12.4. The lowest BCUT2D eigenvalue weighted by atomic mass is 9.77. The molecule has 0 aromatic heterocycles. The number of ether oxygens (including phenoxy) is 3. The Morgan fingerprint density at radius 1 is 1.06 bits per heavy atom. The van der Waals surface area contributed by atoms with E-state index in [0.29, 0.717) is 29.2 Å². The maximum atomic E-state index is 14.1. The predicted octanol–water partition coefficient (Wildman–Crippen LogP) is 6.09. The molecular formula is C25H28Cl2O5S. The Morgan fingerprint density at radius 2 is 1.73 bits per heavy atom. The maximum absolute atomic E-state index is 14.1. The van der Waals surface area contributed by atoms with E-state index in [1.54, 1.807) is 44.2 Å². The standard InChI is InChI=1S/C25H28Cl2O5S/c1-30-18-7-4-16(5-8-18)15-33-25(12-10-19(31-2)11-13-25)23(28)22(24(29)32-3)20-9-6-17(26)14-21(20)27/h4-9,14,19,22H,10-13,15H2,1-3H3. The van der Waals surface area contributed by atoms with Gasteiger partial charge in [-0.1, -0.05) is 41.4 Å².